The molecule has 3 aromatic rings. The third-order valence-corrected chi connectivity index (χ3v) is 4.43. The van der Waals surface area contributed by atoms with Gasteiger partial charge in [-0.05, 0) is 17.7 Å². The van der Waals surface area contributed by atoms with E-state index < -0.39 is 6.10 Å². The molecule has 0 aliphatic carbocycles. The van der Waals surface area contributed by atoms with Crippen molar-refractivity contribution in [3.8, 4) is 11.4 Å². The molecule has 0 saturated carbocycles. The van der Waals surface area contributed by atoms with E-state index >= 15 is 0 Å². The van der Waals surface area contributed by atoms with Crippen LogP contribution in [0, 0.1) is 0 Å². The molecule has 0 radical (unpaired) electrons. The molecule has 25 heavy (non-hydrogen) atoms. The molecule has 1 fully saturated rings. The summed E-state index contributed by atoms with van der Waals surface area (Å²) in [6.45, 7) is 2.09. The van der Waals surface area contributed by atoms with Crippen molar-refractivity contribution in [3.05, 3.63) is 60.9 Å². The van der Waals surface area contributed by atoms with Crippen LogP contribution < -0.4 is 4.74 Å². The van der Waals surface area contributed by atoms with Gasteiger partial charge in [-0.3, -0.25) is 9.58 Å². The Bertz CT molecular complexity index is 812. The summed E-state index contributed by atoms with van der Waals surface area (Å²) >= 11 is 0. The summed E-state index contributed by atoms with van der Waals surface area (Å²) in [7, 11) is 1.84. The molecule has 7 heteroatoms. The largest absolute Gasteiger partial charge is 0.483 e. The summed E-state index contributed by atoms with van der Waals surface area (Å²) in [5.74, 6) is 0.693. The topological polar surface area (TPSA) is 68.3 Å². The maximum absolute atomic E-state index is 10.3. The van der Waals surface area contributed by atoms with Gasteiger partial charge in [-0.15, -0.1) is 0 Å². The number of likely N-dealkylation sites (tertiary alicyclic amines) is 1. The van der Waals surface area contributed by atoms with Crippen LogP contribution >= 0.6 is 0 Å². The van der Waals surface area contributed by atoms with Crippen LogP contribution in [0.5, 0.6) is 5.75 Å². The zero-order valence-corrected chi connectivity index (χ0v) is 14.1. The molecule has 0 unspecified atom stereocenters. The molecule has 130 valence electrons. The molecule has 0 bridgehead atoms. The number of rotatable bonds is 5. The van der Waals surface area contributed by atoms with Crippen molar-refractivity contribution in [1.29, 1.82) is 0 Å². The van der Waals surface area contributed by atoms with Crippen LogP contribution in [0.3, 0.4) is 0 Å². The number of aliphatic hydroxyl groups is 1. The normalized spacial score (nSPS) is 20.9. The average Bonchev–Trinajstić information content (AvgIpc) is 3.32. The number of hydrogen-bond donors (Lipinski definition) is 1. The zero-order chi connectivity index (χ0) is 17.2. The maximum Gasteiger partial charge on any atom is 0.157 e. The molecule has 2 aromatic heterocycles. The minimum Gasteiger partial charge on any atom is -0.483 e. The number of nitrogens with zero attached hydrogens (tertiary/aromatic N) is 5. The average molecular weight is 339 g/mol. The summed E-state index contributed by atoms with van der Waals surface area (Å²) in [6, 6.07) is 8.37. The molecule has 1 aliphatic heterocycles. The van der Waals surface area contributed by atoms with Crippen molar-refractivity contribution in [1.82, 2.24) is 24.2 Å². The van der Waals surface area contributed by atoms with Gasteiger partial charge < -0.3 is 14.4 Å². The lowest BCUT2D eigenvalue weighted by Crippen LogP contribution is -2.29. The lowest BCUT2D eigenvalue weighted by molar-refractivity contribution is 0.0736. The minimum absolute atomic E-state index is 0.227. The van der Waals surface area contributed by atoms with E-state index in [1.54, 1.807) is 23.4 Å². The van der Waals surface area contributed by atoms with Gasteiger partial charge >= 0.3 is 0 Å². The highest BCUT2D eigenvalue weighted by molar-refractivity contribution is 5.34. The third-order valence-electron chi connectivity index (χ3n) is 4.43. The second kappa shape index (κ2) is 6.70. The quantitative estimate of drug-likeness (QED) is 0.757. The summed E-state index contributed by atoms with van der Waals surface area (Å²) < 4.78 is 9.52. The molecule has 0 amide bonds. The second-order valence-corrected chi connectivity index (χ2v) is 6.40. The summed E-state index contributed by atoms with van der Waals surface area (Å²) in [6.07, 6.45) is 8.23. The van der Waals surface area contributed by atoms with Gasteiger partial charge in [0.25, 0.3) is 0 Å². The molecule has 1 saturated heterocycles. The lowest BCUT2D eigenvalue weighted by atomic mass is 10.2. The van der Waals surface area contributed by atoms with Crippen LogP contribution in [0.4, 0.5) is 0 Å². The SMILES string of the molecule is Cn1cc(O[C@@H]2CN(Cc3ccc(-n4ccnc4)cc3)C[C@H]2O)cn1. The smallest absolute Gasteiger partial charge is 0.157 e. The number of benzene rings is 1. The summed E-state index contributed by atoms with van der Waals surface area (Å²) in [4.78, 5) is 6.27. The van der Waals surface area contributed by atoms with E-state index in [1.165, 1.54) is 5.56 Å². The van der Waals surface area contributed by atoms with Gasteiger partial charge in [-0.2, -0.15) is 5.10 Å². The van der Waals surface area contributed by atoms with Crippen LogP contribution in [-0.2, 0) is 13.6 Å². The van der Waals surface area contributed by atoms with Crippen molar-refractivity contribution in [3.63, 3.8) is 0 Å². The molecule has 3 heterocycles. The minimum atomic E-state index is -0.495. The number of aliphatic hydroxyl groups excluding tert-OH is 1. The highest BCUT2D eigenvalue weighted by Crippen LogP contribution is 2.20. The highest BCUT2D eigenvalue weighted by Gasteiger charge is 2.33. The fourth-order valence-electron chi connectivity index (χ4n) is 3.16. The first-order valence-electron chi connectivity index (χ1n) is 8.30. The highest BCUT2D eigenvalue weighted by atomic mass is 16.5. The number of hydrogen-bond acceptors (Lipinski definition) is 5. The molecule has 4 rings (SSSR count). The summed E-state index contributed by atoms with van der Waals surface area (Å²) in [5.41, 5.74) is 2.29. The Hall–Kier alpha value is -2.64. The van der Waals surface area contributed by atoms with E-state index in [9.17, 15) is 5.11 Å². The lowest BCUT2D eigenvalue weighted by Gasteiger charge is -2.16. The molecule has 1 aromatic carbocycles. The van der Waals surface area contributed by atoms with Crippen LogP contribution in [0.25, 0.3) is 5.69 Å². The Kier molecular flexibility index (Phi) is 4.25. The molecule has 7 nitrogen and oxygen atoms in total. The van der Waals surface area contributed by atoms with Gasteiger partial charge in [0.15, 0.2) is 5.75 Å². The molecule has 1 aliphatic rings. The van der Waals surface area contributed by atoms with Crippen molar-refractivity contribution >= 4 is 0 Å². The standard InChI is InChI=1S/C18H21N5O2/c1-21-10-16(8-20-21)25-18-12-22(11-17(18)24)9-14-2-4-15(5-3-14)23-7-6-19-13-23/h2-8,10,13,17-18,24H,9,11-12H2,1H3/t17-,18-/m1/s1. The summed E-state index contributed by atoms with van der Waals surface area (Å²) in [5, 5.41) is 14.4. The van der Waals surface area contributed by atoms with Crippen molar-refractivity contribution in [2.24, 2.45) is 7.05 Å². The van der Waals surface area contributed by atoms with Gasteiger partial charge in [-0.25, -0.2) is 4.98 Å². The molecule has 2 atom stereocenters. The fourth-order valence-corrected chi connectivity index (χ4v) is 3.16. The van der Waals surface area contributed by atoms with E-state index in [1.807, 2.05) is 24.0 Å². The molecular formula is C18H21N5O2. The Balaban J connectivity index is 1.37. The molecule has 0 spiro atoms. The second-order valence-electron chi connectivity index (χ2n) is 6.40. The van der Waals surface area contributed by atoms with Gasteiger partial charge in [0.2, 0.25) is 0 Å². The van der Waals surface area contributed by atoms with Crippen molar-refractivity contribution < 1.29 is 9.84 Å². The van der Waals surface area contributed by atoms with Crippen LogP contribution in [0.15, 0.2) is 55.4 Å². The number of aryl methyl sites for hydroxylation is 1. The van der Waals surface area contributed by atoms with Gasteiger partial charge in [0.1, 0.15) is 12.2 Å². The third kappa shape index (κ3) is 3.57. The van der Waals surface area contributed by atoms with E-state index in [2.05, 4.69) is 39.2 Å². The van der Waals surface area contributed by atoms with Crippen molar-refractivity contribution in [2.75, 3.05) is 13.1 Å². The Labute approximate surface area is 146 Å². The maximum atomic E-state index is 10.3. The van der Waals surface area contributed by atoms with Gasteiger partial charge in [-0.1, -0.05) is 12.1 Å². The van der Waals surface area contributed by atoms with Gasteiger partial charge in [0.05, 0.1) is 18.7 Å². The predicted octanol–water partition coefficient (Wildman–Crippen LogP) is 1.23. The number of imidazole rings is 1. The van der Waals surface area contributed by atoms with Gasteiger partial charge in [0, 0.05) is 44.8 Å². The van der Waals surface area contributed by atoms with E-state index in [0.29, 0.717) is 18.8 Å². The number of β-amino-alcohol motifs (C(OH)–C–C–N with tert-alkyl or cyclic N) is 1. The van der Waals surface area contributed by atoms with Crippen LogP contribution in [-0.4, -0.2) is 54.6 Å². The van der Waals surface area contributed by atoms with E-state index in [4.69, 9.17) is 4.74 Å². The van der Waals surface area contributed by atoms with Crippen molar-refractivity contribution in [2.45, 2.75) is 18.8 Å². The monoisotopic (exact) mass is 339 g/mol. The first-order chi connectivity index (χ1) is 12.2. The molecular weight excluding hydrogens is 318 g/mol. The van der Waals surface area contributed by atoms with Crippen LogP contribution in [0.2, 0.25) is 0 Å². The molecule has 1 N–H and O–H groups in total. The first kappa shape index (κ1) is 15.9. The number of aromatic nitrogens is 4. The predicted molar refractivity (Wildman–Crippen MR) is 92.5 cm³/mol. The first-order valence-corrected chi connectivity index (χ1v) is 8.30. The van der Waals surface area contributed by atoms with E-state index in [-0.39, 0.29) is 6.10 Å². The Morgan fingerprint density at radius 3 is 2.76 bits per heavy atom. The zero-order valence-electron chi connectivity index (χ0n) is 14.1. The van der Waals surface area contributed by atoms with Crippen LogP contribution in [0.1, 0.15) is 5.56 Å². The number of ether oxygens (including phenoxy) is 1. The van der Waals surface area contributed by atoms with E-state index in [0.717, 1.165) is 12.2 Å². The Morgan fingerprint density at radius 2 is 2.08 bits per heavy atom. The Morgan fingerprint density at radius 1 is 1.24 bits per heavy atom. The fraction of sp³-hybridized carbons (Fsp3) is 0.333.